The van der Waals surface area contributed by atoms with Gasteiger partial charge in [0.25, 0.3) is 0 Å². The van der Waals surface area contributed by atoms with Crippen molar-refractivity contribution < 1.29 is 19.2 Å². The first-order valence-electron chi connectivity index (χ1n) is 8.91. The number of piperidine rings is 1. The van der Waals surface area contributed by atoms with Crippen molar-refractivity contribution in [1.29, 1.82) is 0 Å². The second-order valence-electron chi connectivity index (χ2n) is 6.51. The molecule has 2 rings (SSSR count). The molecule has 1 aromatic carbocycles. The van der Waals surface area contributed by atoms with Gasteiger partial charge < -0.3 is 14.4 Å². The van der Waals surface area contributed by atoms with Crippen LogP contribution in [0.1, 0.15) is 49.9 Å². The van der Waals surface area contributed by atoms with E-state index in [0.717, 1.165) is 24.4 Å². The van der Waals surface area contributed by atoms with Gasteiger partial charge in [0.1, 0.15) is 6.29 Å². The molecular weight excluding hydrogens is 290 g/mol. The molecule has 4 heteroatoms. The number of hydrogen-bond donors (Lipinski definition) is 1. The summed E-state index contributed by atoms with van der Waals surface area (Å²) in [4.78, 5) is 12.6. The molecule has 128 valence electrons. The molecule has 0 aliphatic carbocycles. The van der Waals surface area contributed by atoms with Crippen LogP contribution in [0.2, 0.25) is 0 Å². The number of aldehydes is 1. The van der Waals surface area contributed by atoms with Gasteiger partial charge in [0.05, 0.1) is 32.8 Å². The van der Waals surface area contributed by atoms with E-state index < -0.39 is 0 Å². The van der Waals surface area contributed by atoms with Crippen molar-refractivity contribution in [2.45, 2.75) is 39.5 Å². The smallest absolute Gasteiger partial charge is 0.161 e. The number of carbonyl (C=O) groups excluding carboxylic acids is 1. The molecule has 0 radical (unpaired) electrons. The summed E-state index contributed by atoms with van der Waals surface area (Å²) < 4.78 is 11.4. The molecule has 1 fully saturated rings. The Kier molecular flexibility index (Phi) is 7.40. The molecule has 1 aliphatic heterocycles. The van der Waals surface area contributed by atoms with E-state index in [9.17, 15) is 4.79 Å². The molecule has 1 aliphatic rings. The summed E-state index contributed by atoms with van der Waals surface area (Å²) in [5.41, 5.74) is 0.614. The number of nitrogens with one attached hydrogen (secondary N) is 1. The van der Waals surface area contributed by atoms with Crippen molar-refractivity contribution >= 4 is 6.29 Å². The van der Waals surface area contributed by atoms with Gasteiger partial charge in [-0.3, -0.25) is 4.79 Å². The van der Waals surface area contributed by atoms with Crippen molar-refractivity contribution in [1.82, 2.24) is 0 Å². The number of likely N-dealkylation sites (tertiary alicyclic amines) is 1. The zero-order valence-corrected chi connectivity index (χ0v) is 14.5. The third kappa shape index (κ3) is 5.87. The van der Waals surface area contributed by atoms with Crippen molar-refractivity contribution in [2.75, 3.05) is 32.8 Å². The van der Waals surface area contributed by atoms with Crippen molar-refractivity contribution in [3.8, 4) is 11.5 Å². The predicted molar refractivity (Wildman–Crippen MR) is 91.7 cm³/mol. The quantitative estimate of drug-likeness (QED) is 0.561. The average molecular weight is 320 g/mol. The summed E-state index contributed by atoms with van der Waals surface area (Å²) in [5.74, 6) is 2.27. The third-order valence-electron chi connectivity index (χ3n) is 4.45. The molecule has 1 heterocycles. The predicted octanol–water partition coefficient (Wildman–Crippen LogP) is 2.37. The van der Waals surface area contributed by atoms with Crippen LogP contribution in [0, 0.1) is 5.92 Å². The summed E-state index contributed by atoms with van der Waals surface area (Å²) in [5, 5.41) is 0. The van der Waals surface area contributed by atoms with Crippen molar-refractivity contribution in [3.05, 3.63) is 23.8 Å². The molecule has 0 bridgehead atoms. The standard InChI is InChI=1S/C19H29NO3/c1-3-22-19-13-17(15-21)8-9-18(19)23-12-5-4-10-20-11-6-7-16(2)14-20/h8-9,13,15-16H,3-7,10-12,14H2,1-2H3/p+1/t16-/m1/s1. The fourth-order valence-electron chi connectivity index (χ4n) is 3.27. The van der Waals surface area contributed by atoms with Crippen LogP contribution in [0.5, 0.6) is 11.5 Å². The van der Waals surface area contributed by atoms with Gasteiger partial charge in [-0.25, -0.2) is 0 Å². The Morgan fingerprint density at radius 2 is 2.13 bits per heavy atom. The molecular formula is C19H30NO3+. The molecule has 0 amide bonds. The van der Waals surface area contributed by atoms with Crippen LogP contribution in [-0.4, -0.2) is 39.1 Å². The second-order valence-corrected chi connectivity index (χ2v) is 6.51. The monoisotopic (exact) mass is 320 g/mol. The number of rotatable bonds is 9. The number of carbonyl (C=O) groups is 1. The van der Waals surface area contributed by atoms with Crippen LogP contribution in [0.4, 0.5) is 0 Å². The Morgan fingerprint density at radius 1 is 1.26 bits per heavy atom. The molecule has 1 saturated heterocycles. The van der Waals surface area contributed by atoms with Gasteiger partial charge in [0.15, 0.2) is 11.5 Å². The first-order valence-corrected chi connectivity index (χ1v) is 8.91. The van der Waals surface area contributed by atoms with E-state index in [1.807, 2.05) is 13.0 Å². The summed E-state index contributed by atoms with van der Waals surface area (Å²) >= 11 is 0. The molecule has 1 aromatic rings. The van der Waals surface area contributed by atoms with E-state index in [2.05, 4.69) is 6.92 Å². The number of ether oxygens (including phenoxy) is 2. The maximum Gasteiger partial charge on any atom is 0.161 e. The normalized spacial score (nSPS) is 21.0. The lowest BCUT2D eigenvalue weighted by Gasteiger charge is -2.27. The molecule has 4 nitrogen and oxygen atoms in total. The minimum Gasteiger partial charge on any atom is -0.490 e. The average Bonchev–Trinajstić information content (AvgIpc) is 2.56. The van der Waals surface area contributed by atoms with Crippen LogP contribution in [0.15, 0.2) is 18.2 Å². The maximum absolute atomic E-state index is 10.8. The summed E-state index contributed by atoms with van der Waals surface area (Å²) in [7, 11) is 0. The molecule has 0 aromatic heterocycles. The Balaban J connectivity index is 1.72. The fraction of sp³-hybridized carbons (Fsp3) is 0.632. The number of hydrogen-bond acceptors (Lipinski definition) is 3. The fourth-order valence-corrected chi connectivity index (χ4v) is 3.27. The van der Waals surface area contributed by atoms with Gasteiger partial charge >= 0.3 is 0 Å². The molecule has 0 saturated carbocycles. The Hall–Kier alpha value is -1.55. The van der Waals surface area contributed by atoms with Crippen LogP contribution < -0.4 is 14.4 Å². The van der Waals surface area contributed by atoms with Crippen LogP contribution in [0.3, 0.4) is 0 Å². The van der Waals surface area contributed by atoms with E-state index in [-0.39, 0.29) is 0 Å². The topological polar surface area (TPSA) is 40.0 Å². The Bertz CT molecular complexity index is 490. The van der Waals surface area contributed by atoms with Gasteiger partial charge in [-0.05, 0) is 50.8 Å². The highest BCUT2D eigenvalue weighted by molar-refractivity contribution is 5.76. The van der Waals surface area contributed by atoms with Gasteiger partial charge in [0, 0.05) is 11.5 Å². The van der Waals surface area contributed by atoms with E-state index in [1.165, 1.54) is 38.9 Å². The van der Waals surface area contributed by atoms with Crippen LogP contribution >= 0.6 is 0 Å². The maximum atomic E-state index is 10.8. The highest BCUT2D eigenvalue weighted by Crippen LogP contribution is 2.28. The molecule has 23 heavy (non-hydrogen) atoms. The Labute approximate surface area is 139 Å². The highest BCUT2D eigenvalue weighted by atomic mass is 16.5. The lowest BCUT2D eigenvalue weighted by molar-refractivity contribution is -0.908. The van der Waals surface area contributed by atoms with Gasteiger partial charge in [-0.1, -0.05) is 6.92 Å². The zero-order chi connectivity index (χ0) is 16.5. The van der Waals surface area contributed by atoms with E-state index in [1.54, 1.807) is 17.0 Å². The van der Waals surface area contributed by atoms with Gasteiger partial charge in [0.2, 0.25) is 0 Å². The number of unbranched alkanes of at least 4 members (excludes halogenated alkanes) is 1. The second kappa shape index (κ2) is 9.56. The van der Waals surface area contributed by atoms with Crippen LogP contribution in [0.25, 0.3) is 0 Å². The highest BCUT2D eigenvalue weighted by Gasteiger charge is 2.18. The van der Waals surface area contributed by atoms with Gasteiger partial charge in [-0.2, -0.15) is 0 Å². The minimum atomic E-state index is 0.565. The van der Waals surface area contributed by atoms with E-state index in [0.29, 0.717) is 24.5 Å². The lowest BCUT2D eigenvalue weighted by atomic mass is 10.0. The van der Waals surface area contributed by atoms with E-state index >= 15 is 0 Å². The van der Waals surface area contributed by atoms with E-state index in [4.69, 9.17) is 9.47 Å². The summed E-state index contributed by atoms with van der Waals surface area (Å²) in [6.45, 7) is 9.45. The summed E-state index contributed by atoms with van der Waals surface area (Å²) in [6, 6.07) is 5.33. The van der Waals surface area contributed by atoms with Crippen molar-refractivity contribution in [2.24, 2.45) is 5.92 Å². The lowest BCUT2D eigenvalue weighted by Crippen LogP contribution is -3.13. The molecule has 0 spiro atoms. The molecule has 1 unspecified atom stereocenters. The molecule has 1 N–H and O–H groups in total. The zero-order valence-electron chi connectivity index (χ0n) is 14.5. The Morgan fingerprint density at radius 3 is 2.87 bits per heavy atom. The number of quaternary nitrogens is 1. The van der Waals surface area contributed by atoms with Gasteiger partial charge in [-0.15, -0.1) is 0 Å². The first-order chi connectivity index (χ1) is 11.2. The largest absolute Gasteiger partial charge is 0.490 e. The molecule has 2 atom stereocenters. The first kappa shape index (κ1) is 17.8. The SMILES string of the molecule is CCOc1cc(C=O)ccc1OCCCC[NH+]1CCC[C@@H](C)C1. The van der Waals surface area contributed by atoms with Crippen LogP contribution in [-0.2, 0) is 0 Å². The summed E-state index contributed by atoms with van der Waals surface area (Å²) in [6.07, 6.45) is 5.84. The number of benzene rings is 1. The minimum absolute atomic E-state index is 0.565. The third-order valence-corrected chi connectivity index (χ3v) is 4.45. The van der Waals surface area contributed by atoms with Crippen molar-refractivity contribution in [3.63, 3.8) is 0 Å².